The van der Waals surface area contributed by atoms with Crippen LogP contribution in [0.15, 0.2) is 8.95 Å². The maximum Gasteiger partial charge on any atom is 0.206 e. The van der Waals surface area contributed by atoms with Gasteiger partial charge < -0.3 is 14.2 Å². The van der Waals surface area contributed by atoms with E-state index < -0.39 is 0 Å². The van der Waals surface area contributed by atoms with Crippen molar-refractivity contribution < 1.29 is 4.74 Å². The number of morpholine rings is 1. The van der Waals surface area contributed by atoms with Crippen molar-refractivity contribution >= 4 is 48.8 Å². The smallest absolute Gasteiger partial charge is 0.206 e. The fraction of sp³-hybridized carbons (Fsp3) is 0.533. The second-order valence-corrected chi connectivity index (χ2v) is 7.28. The molecule has 2 aliphatic rings. The second kappa shape index (κ2) is 5.25. The second-order valence-electron chi connectivity index (χ2n) is 5.70. The van der Waals surface area contributed by atoms with Gasteiger partial charge in [-0.05, 0) is 62.8 Å². The lowest BCUT2D eigenvalue weighted by atomic mass is 9.99. The normalized spacial score (nSPS) is 18.5. The van der Waals surface area contributed by atoms with Crippen molar-refractivity contribution in [3.63, 3.8) is 0 Å². The summed E-state index contributed by atoms with van der Waals surface area (Å²) in [6.45, 7) is 6.69. The fourth-order valence-corrected chi connectivity index (χ4v) is 4.42. The molecular formula is C15H17Br2N3O. The van der Waals surface area contributed by atoms with Gasteiger partial charge in [0.1, 0.15) is 5.52 Å². The van der Waals surface area contributed by atoms with Crippen molar-refractivity contribution in [2.45, 2.75) is 26.3 Å². The summed E-state index contributed by atoms with van der Waals surface area (Å²) < 4.78 is 10.1. The molecule has 1 saturated heterocycles. The predicted octanol–water partition coefficient (Wildman–Crippen LogP) is 3.65. The Kier molecular flexibility index (Phi) is 3.51. The largest absolute Gasteiger partial charge is 0.378 e. The van der Waals surface area contributed by atoms with Crippen LogP contribution in [-0.4, -0.2) is 35.9 Å². The molecule has 6 heteroatoms. The van der Waals surface area contributed by atoms with Crippen LogP contribution in [0.5, 0.6) is 0 Å². The van der Waals surface area contributed by atoms with E-state index in [4.69, 9.17) is 9.72 Å². The molecule has 0 radical (unpaired) electrons. The van der Waals surface area contributed by atoms with Crippen molar-refractivity contribution in [3.05, 3.63) is 20.1 Å². The van der Waals surface area contributed by atoms with Gasteiger partial charge in [-0.25, -0.2) is 4.98 Å². The van der Waals surface area contributed by atoms with E-state index in [0.29, 0.717) is 0 Å². The van der Waals surface area contributed by atoms with Crippen LogP contribution in [0.2, 0.25) is 0 Å². The van der Waals surface area contributed by atoms with E-state index in [1.165, 1.54) is 23.1 Å². The summed E-state index contributed by atoms with van der Waals surface area (Å²) in [4.78, 5) is 7.32. The Labute approximate surface area is 140 Å². The molecule has 0 spiro atoms. The molecule has 112 valence electrons. The summed E-state index contributed by atoms with van der Waals surface area (Å²) in [6.07, 6.45) is 2.33. The van der Waals surface area contributed by atoms with E-state index in [9.17, 15) is 0 Å². The van der Waals surface area contributed by atoms with E-state index in [1.807, 2.05) is 0 Å². The molecule has 0 saturated carbocycles. The summed E-state index contributed by atoms with van der Waals surface area (Å²) in [5.74, 6) is 1.10. The number of anilines is 1. The summed E-state index contributed by atoms with van der Waals surface area (Å²) in [6, 6.07) is 0. The summed E-state index contributed by atoms with van der Waals surface area (Å²) in [5, 5.41) is 0. The fourth-order valence-electron chi connectivity index (χ4n) is 3.42. The van der Waals surface area contributed by atoms with Gasteiger partial charge in [0.15, 0.2) is 0 Å². The van der Waals surface area contributed by atoms with E-state index in [-0.39, 0.29) is 0 Å². The van der Waals surface area contributed by atoms with Crippen LogP contribution in [-0.2, 0) is 17.7 Å². The number of hydrogen-bond acceptors (Lipinski definition) is 3. The van der Waals surface area contributed by atoms with E-state index >= 15 is 0 Å². The molecular weight excluding hydrogens is 398 g/mol. The molecule has 1 fully saturated rings. The standard InChI is InChI=1S/C15H17Br2N3O/c1-9-10-3-2-4-20-14(10)13(12(17)11(9)16)18-15(20)19-5-7-21-8-6-19/h2-8H2,1H3. The molecule has 2 aromatic rings. The van der Waals surface area contributed by atoms with Crippen LogP contribution in [0, 0.1) is 6.92 Å². The lowest BCUT2D eigenvalue weighted by Gasteiger charge is -2.29. The molecule has 0 bridgehead atoms. The zero-order valence-electron chi connectivity index (χ0n) is 12.0. The van der Waals surface area contributed by atoms with Gasteiger partial charge in [-0.15, -0.1) is 0 Å². The average Bonchev–Trinajstić information content (AvgIpc) is 2.92. The first kappa shape index (κ1) is 14.0. The Morgan fingerprint density at radius 2 is 1.86 bits per heavy atom. The van der Waals surface area contributed by atoms with Gasteiger partial charge >= 0.3 is 0 Å². The summed E-state index contributed by atoms with van der Waals surface area (Å²) >= 11 is 7.44. The van der Waals surface area contributed by atoms with Crippen LogP contribution in [0.25, 0.3) is 11.0 Å². The molecule has 0 amide bonds. The number of ether oxygens (including phenoxy) is 1. The number of hydrogen-bond donors (Lipinski definition) is 0. The molecule has 1 aromatic heterocycles. The van der Waals surface area contributed by atoms with E-state index in [0.717, 1.165) is 59.7 Å². The van der Waals surface area contributed by atoms with Gasteiger partial charge in [-0.3, -0.25) is 0 Å². The van der Waals surface area contributed by atoms with Crippen molar-refractivity contribution in [1.82, 2.24) is 9.55 Å². The third-order valence-electron chi connectivity index (χ3n) is 4.52. The number of rotatable bonds is 1. The lowest BCUT2D eigenvalue weighted by molar-refractivity contribution is 0.121. The molecule has 1 aromatic carbocycles. The average molecular weight is 415 g/mol. The lowest BCUT2D eigenvalue weighted by Crippen LogP contribution is -2.38. The Morgan fingerprint density at radius 1 is 1.10 bits per heavy atom. The minimum atomic E-state index is 0.792. The van der Waals surface area contributed by atoms with Crippen molar-refractivity contribution in [3.8, 4) is 0 Å². The number of aryl methyl sites for hydroxylation is 2. The Bertz CT molecular complexity index is 720. The molecule has 2 aliphatic heterocycles. The zero-order valence-corrected chi connectivity index (χ0v) is 15.1. The van der Waals surface area contributed by atoms with Crippen LogP contribution in [0.4, 0.5) is 5.95 Å². The molecule has 0 atom stereocenters. The Morgan fingerprint density at radius 3 is 2.62 bits per heavy atom. The number of benzene rings is 1. The maximum atomic E-state index is 5.47. The first-order valence-corrected chi connectivity index (χ1v) is 8.96. The van der Waals surface area contributed by atoms with Crippen LogP contribution >= 0.6 is 31.9 Å². The molecule has 0 aliphatic carbocycles. The topological polar surface area (TPSA) is 30.3 Å². The molecule has 21 heavy (non-hydrogen) atoms. The highest BCUT2D eigenvalue weighted by Gasteiger charge is 2.26. The Balaban J connectivity index is 1.98. The highest BCUT2D eigenvalue weighted by atomic mass is 79.9. The summed E-state index contributed by atoms with van der Waals surface area (Å²) in [5.41, 5.74) is 5.18. The highest BCUT2D eigenvalue weighted by molar-refractivity contribution is 9.13. The highest BCUT2D eigenvalue weighted by Crippen LogP contribution is 2.41. The first-order valence-electron chi connectivity index (χ1n) is 7.38. The predicted molar refractivity (Wildman–Crippen MR) is 91.2 cm³/mol. The molecule has 4 nitrogen and oxygen atoms in total. The molecule has 3 heterocycles. The SMILES string of the molecule is Cc1c(Br)c(Br)c2nc(N3CCOCC3)n3c2c1CCC3. The minimum absolute atomic E-state index is 0.792. The maximum absolute atomic E-state index is 5.47. The van der Waals surface area contributed by atoms with Crippen molar-refractivity contribution in [2.75, 3.05) is 31.2 Å². The molecule has 0 N–H and O–H groups in total. The van der Waals surface area contributed by atoms with Crippen molar-refractivity contribution in [1.29, 1.82) is 0 Å². The first-order chi connectivity index (χ1) is 10.2. The third-order valence-corrected chi connectivity index (χ3v) is 6.81. The number of imidazole rings is 1. The summed E-state index contributed by atoms with van der Waals surface area (Å²) in [7, 11) is 0. The van der Waals surface area contributed by atoms with Gasteiger partial charge in [0.05, 0.1) is 23.2 Å². The third kappa shape index (κ3) is 2.06. The molecule has 0 unspecified atom stereocenters. The van der Waals surface area contributed by atoms with E-state index in [2.05, 4.69) is 48.3 Å². The van der Waals surface area contributed by atoms with Crippen LogP contribution in [0.3, 0.4) is 0 Å². The van der Waals surface area contributed by atoms with E-state index in [1.54, 1.807) is 0 Å². The minimum Gasteiger partial charge on any atom is -0.378 e. The number of nitrogens with zero attached hydrogens (tertiary/aromatic N) is 3. The Hall–Kier alpha value is -0.590. The van der Waals surface area contributed by atoms with Gasteiger partial charge in [0.2, 0.25) is 5.95 Å². The van der Waals surface area contributed by atoms with Crippen molar-refractivity contribution in [2.24, 2.45) is 0 Å². The van der Waals surface area contributed by atoms with Gasteiger partial charge in [-0.2, -0.15) is 0 Å². The van der Waals surface area contributed by atoms with Gasteiger partial charge in [-0.1, -0.05) is 0 Å². The van der Waals surface area contributed by atoms with Gasteiger partial charge in [0.25, 0.3) is 0 Å². The number of halogens is 2. The molecule has 4 rings (SSSR count). The number of aromatic nitrogens is 2. The van der Waals surface area contributed by atoms with Crippen LogP contribution in [0.1, 0.15) is 17.5 Å². The van der Waals surface area contributed by atoms with Gasteiger partial charge in [0, 0.05) is 24.1 Å². The quantitative estimate of drug-likeness (QED) is 0.713. The van der Waals surface area contributed by atoms with Crippen LogP contribution < -0.4 is 4.90 Å². The monoisotopic (exact) mass is 413 g/mol. The zero-order chi connectivity index (χ0) is 14.6.